The molecule has 0 bridgehead atoms. The second-order valence-corrected chi connectivity index (χ2v) is 5.91. The van der Waals surface area contributed by atoms with Crippen LogP contribution in [0.3, 0.4) is 0 Å². The minimum atomic E-state index is -2.90. The molecular formula is C20H24F2N4O3. The molecular weight excluding hydrogens is 382 g/mol. The number of nitrogens with zero attached hydrogens (tertiary/aromatic N) is 1. The van der Waals surface area contributed by atoms with Crippen molar-refractivity contribution < 1.29 is 23.4 Å². The molecule has 29 heavy (non-hydrogen) atoms. The Morgan fingerprint density at radius 3 is 2.45 bits per heavy atom. The molecule has 1 amide bonds. The number of halogens is 2. The van der Waals surface area contributed by atoms with Crippen LogP contribution in [-0.4, -0.2) is 43.2 Å². The average molecular weight is 406 g/mol. The highest BCUT2D eigenvalue weighted by atomic mass is 19.3. The second kappa shape index (κ2) is 11.5. The lowest BCUT2D eigenvalue weighted by Gasteiger charge is -2.13. The lowest BCUT2D eigenvalue weighted by molar-refractivity contribution is -0.0504. The van der Waals surface area contributed by atoms with Crippen LogP contribution in [0.5, 0.6) is 11.5 Å². The second-order valence-electron chi connectivity index (χ2n) is 5.91. The fourth-order valence-electron chi connectivity index (χ4n) is 2.42. The number of carbonyl (C=O) groups is 1. The Labute approximate surface area is 167 Å². The molecule has 0 aromatic heterocycles. The molecule has 0 fully saturated rings. The van der Waals surface area contributed by atoms with Gasteiger partial charge in [-0.25, -0.2) is 4.99 Å². The van der Waals surface area contributed by atoms with Crippen LogP contribution >= 0.6 is 0 Å². The molecule has 0 aliphatic carbocycles. The number of phenolic OH excluding ortho intramolecular Hbond substituents is 1. The summed E-state index contributed by atoms with van der Waals surface area (Å²) in [6.45, 7) is 0.514. The molecule has 2 aromatic carbocycles. The van der Waals surface area contributed by atoms with Crippen LogP contribution in [-0.2, 0) is 6.54 Å². The predicted octanol–water partition coefficient (Wildman–Crippen LogP) is 2.48. The van der Waals surface area contributed by atoms with E-state index in [-0.39, 0.29) is 24.0 Å². The summed E-state index contributed by atoms with van der Waals surface area (Å²) in [7, 11) is 0. The Morgan fingerprint density at radius 1 is 1.07 bits per heavy atom. The van der Waals surface area contributed by atoms with Gasteiger partial charge in [0.15, 0.2) is 5.96 Å². The molecule has 7 nitrogen and oxygen atoms in total. The minimum Gasteiger partial charge on any atom is -0.508 e. The summed E-state index contributed by atoms with van der Waals surface area (Å²) in [5.41, 5.74) is 0.977. The minimum absolute atomic E-state index is 0.0864. The fraction of sp³-hybridized carbons (Fsp3) is 0.300. The average Bonchev–Trinajstić information content (AvgIpc) is 2.70. The summed E-state index contributed by atoms with van der Waals surface area (Å²) in [5, 5.41) is 18.1. The number of aromatic hydroxyl groups is 1. The highest BCUT2D eigenvalue weighted by Crippen LogP contribution is 2.20. The summed E-state index contributed by atoms with van der Waals surface area (Å²) in [6, 6.07) is 12.4. The molecule has 0 radical (unpaired) electrons. The highest BCUT2D eigenvalue weighted by Gasteiger charge is 2.09. The molecule has 0 heterocycles. The number of carbonyl (C=O) groups excluding carboxylic acids is 1. The first-order valence-electron chi connectivity index (χ1n) is 9.11. The number of ether oxygens (including phenoxy) is 1. The molecule has 0 unspecified atom stereocenters. The van der Waals surface area contributed by atoms with Gasteiger partial charge in [0, 0.05) is 30.8 Å². The maximum absolute atomic E-state index is 12.5. The van der Waals surface area contributed by atoms with Gasteiger partial charge in [0.1, 0.15) is 11.5 Å². The van der Waals surface area contributed by atoms with E-state index in [1.807, 2.05) is 6.92 Å². The number of amides is 1. The Bertz CT molecular complexity index is 814. The molecule has 2 rings (SSSR count). The van der Waals surface area contributed by atoms with Crippen LogP contribution in [0.25, 0.3) is 0 Å². The third-order valence-electron chi connectivity index (χ3n) is 3.77. The van der Waals surface area contributed by atoms with E-state index in [0.717, 1.165) is 0 Å². The molecule has 2 aromatic rings. The zero-order valence-corrected chi connectivity index (χ0v) is 16.0. The van der Waals surface area contributed by atoms with Crippen molar-refractivity contribution in [3.05, 3.63) is 59.7 Å². The van der Waals surface area contributed by atoms with Gasteiger partial charge in [0.25, 0.3) is 5.91 Å². The first-order valence-corrected chi connectivity index (χ1v) is 9.11. The molecule has 0 saturated carbocycles. The first-order chi connectivity index (χ1) is 14.0. The van der Waals surface area contributed by atoms with Crippen molar-refractivity contribution in [2.45, 2.75) is 20.1 Å². The molecule has 0 saturated heterocycles. The van der Waals surface area contributed by atoms with Crippen molar-refractivity contribution in [3.8, 4) is 11.5 Å². The van der Waals surface area contributed by atoms with Gasteiger partial charge in [0.05, 0.1) is 6.54 Å². The maximum atomic E-state index is 12.5. The van der Waals surface area contributed by atoms with E-state index < -0.39 is 6.61 Å². The number of nitrogens with one attached hydrogen (secondary N) is 3. The largest absolute Gasteiger partial charge is 0.508 e. The van der Waals surface area contributed by atoms with Gasteiger partial charge >= 0.3 is 6.61 Å². The Balaban J connectivity index is 1.86. The number of hydrogen-bond acceptors (Lipinski definition) is 4. The quantitative estimate of drug-likeness (QED) is 0.292. The van der Waals surface area contributed by atoms with Gasteiger partial charge in [-0.1, -0.05) is 18.2 Å². The van der Waals surface area contributed by atoms with Gasteiger partial charge in [-0.15, -0.1) is 0 Å². The lowest BCUT2D eigenvalue weighted by Crippen LogP contribution is -2.41. The normalized spacial score (nSPS) is 11.2. The van der Waals surface area contributed by atoms with E-state index >= 15 is 0 Å². The SMILES string of the molecule is CCNC(=NCc1ccccc1OC(F)F)NCCNC(=O)c1ccc(O)cc1. The molecule has 0 aliphatic heterocycles. The van der Waals surface area contributed by atoms with Crippen LogP contribution < -0.4 is 20.7 Å². The zero-order valence-electron chi connectivity index (χ0n) is 16.0. The number of benzene rings is 2. The van der Waals surface area contributed by atoms with Crippen LogP contribution in [0.2, 0.25) is 0 Å². The van der Waals surface area contributed by atoms with Crippen molar-refractivity contribution in [2.75, 3.05) is 19.6 Å². The van der Waals surface area contributed by atoms with Gasteiger partial charge in [-0.3, -0.25) is 4.79 Å². The van der Waals surface area contributed by atoms with E-state index in [9.17, 15) is 18.7 Å². The van der Waals surface area contributed by atoms with Crippen molar-refractivity contribution in [2.24, 2.45) is 4.99 Å². The summed E-state index contributed by atoms with van der Waals surface area (Å²) < 4.78 is 29.5. The van der Waals surface area contributed by atoms with Crippen molar-refractivity contribution in [1.29, 1.82) is 0 Å². The van der Waals surface area contributed by atoms with Gasteiger partial charge in [-0.05, 0) is 37.3 Å². The van der Waals surface area contributed by atoms with Crippen LogP contribution in [0.1, 0.15) is 22.8 Å². The van der Waals surface area contributed by atoms with E-state index in [1.165, 1.54) is 30.3 Å². The molecule has 0 spiro atoms. The van der Waals surface area contributed by atoms with Crippen LogP contribution in [0, 0.1) is 0 Å². The Kier molecular flexibility index (Phi) is 8.68. The van der Waals surface area contributed by atoms with E-state index in [0.29, 0.717) is 36.7 Å². The number of alkyl halides is 2. The van der Waals surface area contributed by atoms with Gasteiger partial charge in [0.2, 0.25) is 0 Å². The van der Waals surface area contributed by atoms with E-state index in [2.05, 4.69) is 25.7 Å². The Morgan fingerprint density at radius 2 is 1.76 bits per heavy atom. The fourth-order valence-corrected chi connectivity index (χ4v) is 2.42. The number of rotatable bonds is 9. The third-order valence-corrected chi connectivity index (χ3v) is 3.77. The summed E-state index contributed by atoms with van der Waals surface area (Å²) in [6.07, 6.45) is 0. The zero-order chi connectivity index (χ0) is 21.1. The smallest absolute Gasteiger partial charge is 0.387 e. The van der Waals surface area contributed by atoms with E-state index in [4.69, 9.17) is 0 Å². The van der Waals surface area contributed by atoms with E-state index in [1.54, 1.807) is 18.2 Å². The number of phenols is 1. The number of para-hydroxylation sites is 1. The number of aliphatic imine (C=N–C) groups is 1. The lowest BCUT2D eigenvalue weighted by atomic mass is 10.2. The summed E-state index contributed by atoms with van der Waals surface area (Å²) >= 11 is 0. The molecule has 9 heteroatoms. The van der Waals surface area contributed by atoms with Crippen LogP contribution in [0.4, 0.5) is 8.78 Å². The number of guanidine groups is 1. The maximum Gasteiger partial charge on any atom is 0.387 e. The molecule has 0 aliphatic rings. The first kappa shape index (κ1) is 21.9. The predicted molar refractivity (Wildman–Crippen MR) is 106 cm³/mol. The monoisotopic (exact) mass is 406 g/mol. The van der Waals surface area contributed by atoms with Crippen molar-refractivity contribution >= 4 is 11.9 Å². The molecule has 0 atom stereocenters. The summed E-state index contributed by atoms with van der Waals surface area (Å²) in [4.78, 5) is 16.4. The third kappa shape index (κ3) is 7.65. The highest BCUT2D eigenvalue weighted by molar-refractivity contribution is 5.94. The number of hydrogen-bond donors (Lipinski definition) is 4. The van der Waals surface area contributed by atoms with Crippen molar-refractivity contribution in [1.82, 2.24) is 16.0 Å². The van der Waals surface area contributed by atoms with Gasteiger partial charge < -0.3 is 25.8 Å². The molecule has 4 N–H and O–H groups in total. The Hall–Kier alpha value is -3.36. The van der Waals surface area contributed by atoms with Crippen LogP contribution in [0.15, 0.2) is 53.5 Å². The summed E-state index contributed by atoms with van der Waals surface area (Å²) in [5.74, 6) is 0.406. The van der Waals surface area contributed by atoms with Crippen molar-refractivity contribution in [3.63, 3.8) is 0 Å². The molecule has 156 valence electrons. The van der Waals surface area contributed by atoms with Gasteiger partial charge in [-0.2, -0.15) is 8.78 Å². The standard InChI is InChI=1S/C20H24F2N4O3/c1-2-23-20(26-13-15-5-3-4-6-17(15)29-19(21)22)25-12-11-24-18(28)14-7-9-16(27)10-8-14/h3-10,19,27H,2,11-13H2,1H3,(H,24,28)(H2,23,25,26). The topological polar surface area (TPSA) is 95.0 Å².